The van der Waals surface area contributed by atoms with E-state index in [1.807, 2.05) is 6.07 Å². The molecule has 0 aliphatic rings. The third-order valence-electron chi connectivity index (χ3n) is 2.85. The lowest BCUT2D eigenvalue weighted by atomic mass is 10.1. The Labute approximate surface area is 129 Å². The zero-order chi connectivity index (χ0) is 16.4. The van der Waals surface area contributed by atoms with E-state index in [0.717, 1.165) is 0 Å². The van der Waals surface area contributed by atoms with Gasteiger partial charge in [-0.3, -0.25) is 20.0 Å². The van der Waals surface area contributed by atoms with Gasteiger partial charge in [-0.25, -0.2) is 5.43 Å². The van der Waals surface area contributed by atoms with Gasteiger partial charge in [-0.1, -0.05) is 18.2 Å². The van der Waals surface area contributed by atoms with Crippen LogP contribution in [-0.4, -0.2) is 37.4 Å². The number of guanidine groups is 1. The van der Waals surface area contributed by atoms with E-state index in [2.05, 4.69) is 21.2 Å². The normalized spacial score (nSPS) is 11.3. The number of nitrogens with two attached hydrogens (primary N) is 2. The Balaban J connectivity index is 2.63. The Morgan fingerprint density at radius 2 is 1.91 bits per heavy atom. The molecule has 0 saturated carbocycles. The number of amides is 2. The van der Waals surface area contributed by atoms with Crippen molar-refractivity contribution in [3.63, 3.8) is 0 Å². The number of aliphatic imine (C=N–C) groups is 1. The second-order valence-corrected chi connectivity index (χ2v) is 4.58. The molecule has 8 heteroatoms. The van der Waals surface area contributed by atoms with Crippen LogP contribution < -0.4 is 27.6 Å². The summed E-state index contributed by atoms with van der Waals surface area (Å²) in [6, 6.07) is 8.03. The first-order valence-corrected chi connectivity index (χ1v) is 6.92. The molecule has 0 bridgehead atoms. The Morgan fingerprint density at radius 3 is 2.50 bits per heavy atom. The SMILES string of the molecule is CNNC(=O)C(CCCN=C(N)N)NC(=O)c1ccccc1. The predicted octanol–water partition coefficient (Wildman–Crippen LogP) is -0.911. The van der Waals surface area contributed by atoms with Crippen LogP contribution in [0.3, 0.4) is 0 Å². The summed E-state index contributed by atoms with van der Waals surface area (Å²) < 4.78 is 0. The van der Waals surface area contributed by atoms with Gasteiger partial charge in [0.2, 0.25) is 0 Å². The van der Waals surface area contributed by atoms with Gasteiger partial charge in [0.05, 0.1) is 0 Å². The molecule has 1 aromatic rings. The van der Waals surface area contributed by atoms with Crippen molar-refractivity contribution < 1.29 is 9.59 Å². The highest BCUT2D eigenvalue weighted by Crippen LogP contribution is 2.03. The van der Waals surface area contributed by atoms with Gasteiger partial charge >= 0.3 is 0 Å². The van der Waals surface area contributed by atoms with Crippen molar-refractivity contribution in [2.45, 2.75) is 18.9 Å². The molecule has 0 spiro atoms. The van der Waals surface area contributed by atoms with Crippen LogP contribution in [0.2, 0.25) is 0 Å². The number of carbonyl (C=O) groups excluding carboxylic acids is 2. The molecular formula is C14H22N6O2. The molecule has 0 aromatic heterocycles. The molecule has 120 valence electrons. The van der Waals surface area contributed by atoms with Crippen molar-refractivity contribution in [2.24, 2.45) is 16.5 Å². The quantitative estimate of drug-likeness (QED) is 0.183. The molecule has 8 nitrogen and oxygen atoms in total. The first kappa shape index (κ1) is 17.4. The van der Waals surface area contributed by atoms with Crippen LogP contribution >= 0.6 is 0 Å². The van der Waals surface area contributed by atoms with Crippen molar-refractivity contribution in [3.05, 3.63) is 35.9 Å². The highest BCUT2D eigenvalue weighted by Gasteiger charge is 2.20. The lowest BCUT2D eigenvalue weighted by Crippen LogP contribution is -2.50. The number of benzene rings is 1. The minimum atomic E-state index is -0.672. The molecule has 0 aliphatic carbocycles. The van der Waals surface area contributed by atoms with E-state index in [4.69, 9.17) is 11.5 Å². The minimum Gasteiger partial charge on any atom is -0.370 e. The molecule has 0 heterocycles. The zero-order valence-electron chi connectivity index (χ0n) is 12.5. The Morgan fingerprint density at radius 1 is 1.23 bits per heavy atom. The van der Waals surface area contributed by atoms with E-state index >= 15 is 0 Å². The third-order valence-corrected chi connectivity index (χ3v) is 2.85. The molecule has 1 aromatic carbocycles. The van der Waals surface area contributed by atoms with E-state index in [1.54, 1.807) is 31.3 Å². The van der Waals surface area contributed by atoms with E-state index in [-0.39, 0.29) is 17.8 Å². The first-order valence-electron chi connectivity index (χ1n) is 6.92. The van der Waals surface area contributed by atoms with E-state index < -0.39 is 6.04 Å². The van der Waals surface area contributed by atoms with Gasteiger partial charge in [0.25, 0.3) is 11.8 Å². The molecule has 0 saturated heterocycles. The smallest absolute Gasteiger partial charge is 0.256 e. The highest BCUT2D eigenvalue weighted by atomic mass is 16.2. The fourth-order valence-electron chi connectivity index (χ4n) is 1.81. The molecule has 2 amide bonds. The molecule has 0 fully saturated rings. The molecule has 1 unspecified atom stereocenters. The number of carbonyl (C=O) groups is 2. The van der Waals surface area contributed by atoms with Crippen LogP contribution in [-0.2, 0) is 4.79 Å². The molecular weight excluding hydrogens is 284 g/mol. The number of rotatable bonds is 8. The number of nitrogens with zero attached hydrogens (tertiary/aromatic N) is 1. The summed E-state index contributed by atoms with van der Waals surface area (Å²) in [7, 11) is 1.58. The molecule has 1 rings (SSSR count). The topological polar surface area (TPSA) is 135 Å². The molecule has 0 aliphatic heterocycles. The third kappa shape index (κ3) is 6.23. The largest absolute Gasteiger partial charge is 0.370 e. The minimum absolute atomic E-state index is 0.00421. The van der Waals surface area contributed by atoms with Crippen LogP contribution in [0.15, 0.2) is 35.3 Å². The van der Waals surface area contributed by atoms with Crippen molar-refractivity contribution in [1.29, 1.82) is 0 Å². The van der Waals surface area contributed by atoms with Crippen LogP contribution in [0.5, 0.6) is 0 Å². The summed E-state index contributed by atoms with van der Waals surface area (Å²) in [5, 5.41) is 2.70. The van der Waals surface area contributed by atoms with Gasteiger partial charge < -0.3 is 16.8 Å². The predicted molar refractivity (Wildman–Crippen MR) is 84.8 cm³/mol. The first-order chi connectivity index (χ1) is 10.5. The second-order valence-electron chi connectivity index (χ2n) is 4.58. The number of hydrazine groups is 1. The number of hydrogen-bond donors (Lipinski definition) is 5. The summed E-state index contributed by atoms with van der Waals surface area (Å²) in [5.41, 5.74) is 16.0. The van der Waals surface area contributed by atoms with Crippen LogP contribution in [0, 0.1) is 0 Å². The molecule has 22 heavy (non-hydrogen) atoms. The lowest BCUT2D eigenvalue weighted by molar-refractivity contribution is -0.124. The van der Waals surface area contributed by atoms with Gasteiger partial charge in [-0.2, -0.15) is 0 Å². The highest BCUT2D eigenvalue weighted by molar-refractivity contribution is 5.97. The van der Waals surface area contributed by atoms with Gasteiger partial charge in [0, 0.05) is 19.2 Å². The average molecular weight is 306 g/mol. The van der Waals surface area contributed by atoms with Crippen molar-refractivity contribution in [3.8, 4) is 0 Å². The standard InChI is InChI=1S/C14H22N6O2/c1-17-20-13(22)11(8-5-9-18-14(15)16)19-12(21)10-6-3-2-4-7-10/h2-4,6-7,11,17H,5,8-9H2,1H3,(H,19,21)(H,20,22)(H4,15,16,18). The molecule has 0 radical (unpaired) electrons. The number of hydrogen-bond acceptors (Lipinski definition) is 4. The van der Waals surface area contributed by atoms with Gasteiger partial charge in [-0.15, -0.1) is 0 Å². The fourth-order valence-corrected chi connectivity index (χ4v) is 1.81. The maximum absolute atomic E-state index is 12.1. The Kier molecular flexibility index (Phi) is 7.41. The summed E-state index contributed by atoms with van der Waals surface area (Å²) in [5.74, 6) is -0.625. The van der Waals surface area contributed by atoms with E-state index in [9.17, 15) is 9.59 Å². The maximum atomic E-state index is 12.1. The maximum Gasteiger partial charge on any atom is 0.256 e. The Bertz CT molecular complexity index is 513. The van der Waals surface area contributed by atoms with Crippen molar-refractivity contribution in [1.82, 2.24) is 16.2 Å². The van der Waals surface area contributed by atoms with Crippen LogP contribution in [0.25, 0.3) is 0 Å². The van der Waals surface area contributed by atoms with E-state index in [0.29, 0.717) is 24.9 Å². The monoisotopic (exact) mass is 306 g/mol. The fraction of sp³-hybridized carbons (Fsp3) is 0.357. The summed E-state index contributed by atoms with van der Waals surface area (Å²) in [4.78, 5) is 27.9. The van der Waals surface area contributed by atoms with Crippen LogP contribution in [0.1, 0.15) is 23.2 Å². The number of nitrogens with one attached hydrogen (secondary N) is 3. The second kappa shape index (κ2) is 9.35. The lowest BCUT2D eigenvalue weighted by Gasteiger charge is -2.17. The summed E-state index contributed by atoms with van der Waals surface area (Å²) in [6.07, 6.45) is 0.984. The summed E-state index contributed by atoms with van der Waals surface area (Å²) in [6.45, 7) is 0.396. The summed E-state index contributed by atoms with van der Waals surface area (Å²) >= 11 is 0. The van der Waals surface area contributed by atoms with Gasteiger partial charge in [-0.05, 0) is 25.0 Å². The zero-order valence-corrected chi connectivity index (χ0v) is 12.5. The Hall–Kier alpha value is -2.61. The van der Waals surface area contributed by atoms with Gasteiger partial charge in [0.15, 0.2) is 5.96 Å². The average Bonchev–Trinajstić information content (AvgIpc) is 2.51. The van der Waals surface area contributed by atoms with E-state index in [1.165, 1.54) is 0 Å². The van der Waals surface area contributed by atoms with Crippen LogP contribution in [0.4, 0.5) is 0 Å². The van der Waals surface area contributed by atoms with Gasteiger partial charge in [0.1, 0.15) is 6.04 Å². The molecule has 1 atom stereocenters. The van der Waals surface area contributed by atoms with Crippen molar-refractivity contribution in [2.75, 3.05) is 13.6 Å². The van der Waals surface area contributed by atoms with Crippen molar-refractivity contribution >= 4 is 17.8 Å². The molecule has 7 N–H and O–H groups in total.